The number of piperidine rings is 1. The monoisotopic (exact) mass is 336 g/mol. The molecule has 0 aromatic heterocycles. The van der Waals surface area contributed by atoms with Gasteiger partial charge in [-0.2, -0.15) is 0 Å². The number of nitrogens with zero attached hydrogens (tertiary/aromatic N) is 1. The fraction of sp³-hybridized carbons (Fsp3) is 0.632. The summed E-state index contributed by atoms with van der Waals surface area (Å²) in [6.07, 6.45) is 5.97. The van der Waals surface area contributed by atoms with Gasteiger partial charge in [-0.1, -0.05) is 37.3 Å². The third-order valence-electron chi connectivity index (χ3n) is 5.79. The maximum atomic E-state index is 12.4. The molecule has 4 heteroatoms. The van der Waals surface area contributed by atoms with Gasteiger partial charge in [0.25, 0.3) is 0 Å². The molecular weight excluding hydrogens is 308 g/mol. The Balaban J connectivity index is 0.00000192. The summed E-state index contributed by atoms with van der Waals surface area (Å²) in [5, 5.41) is 0. The number of carbonyl (C=O) groups excluding carboxylic acids is 1. The van der Waals surface area contributed by atoms with Crippen LogP contribution in [0.2, 0.25) is 0 Å². The van der Waals surface area contributed by atoms with Gasteiger partial charge in [0, 0.05) is 25.0 Å². The minimum Gasteiger partial charge on any atom is -0.343 e. The number of hydrogen-bond donors (Lipinski definition) is 1. The predicted octanol–water partition coefficient (Wildman–Crippen LogP) is 3.72. The molecule has 1 saturated heterocycles. The molecule has 2 fully saturated rings. The Bertz CT molecular complexity index is 505. The molecule has 0 radical (unpaired) electrons. The van der Waals surface area contributed by atoms with Crippen molar-refractivity contribution < 1.29 is 4.79 Å². The molecule has 1 aliphatic carbocycles. The Kier molecular flexibility index (Phi) is 6.10. The fourth-order valence-corrected chi connectivity index (χ4v) is 3.83. The smallest absolute Gasteiger partial charge is 0.222 e. The highest BCUT2D eigenvalue weighted by molar-refractivity contribution is 5.85. The fourth-order valence-electron chi connectivity index (χ4n) is 3.83. The van der Waals surface area contributed by atoms with Gasteiger partial charge in [0.2, 0.25) is 5.91 Å². The van der Waals surface area contributed by atoms with E-state index in [1.807, 2.05) is 4.90 Å². The van der Waals surface area contributed by atoms with Gasteiger partial charge in [-0.05, 0) is 49.5 Å². The van der Waals surface area contributed by atoms with E-state index in [2.05, 4.69) is 37.3 Å². The van der Waals surface area contributed by atoms with Gasteiger partial charge >= 0.3 is 0 Å². The van der Waals surface area contributed by atoms with Crippen LogP contribution in [-0.4, -0.2) is 29.4 Å². The highest BCUT2D eigenvalue weighted by Gasteiger charge is 2.35. The summed E-state index contributed by atoms with van der Waals surface area (Å²) in [5.74, 6) is 1.58. The summed E-state index contributed by atoms with van der Waals surface area (Å²) in [6.45, 7) is 3.84. The zero-order chi connectivity index (χ0) is 15.6. The predicted molar refractivity (Wildman–Crippen MR) is 96.8 cm³/mol. The third-order valence-corrected chi connectivity index (χ3v) is 5.79. The standard InChI is InChI=1S/C19H28N2O.ClH/c1-2-19(20)8-10-21(11-9-19)18(22)14-15-12-17(13-15)16-6-4-3-5-7-16;/h3-7,15,17H,2,8-14,20H2,1H3;1H. The topological polar surface area (TPSA) is 46.3 Å². The minimum absolute atomic E-state index is 0. The molecule has 128 valence electrons. The highest BCUT2D eigenvalue weighted by Crippen LogP contribution is 2.43. The van der Waals surface area contributed by atoms with E-state index in [1.54, 1.807) is 0 Å². The van der Waals surface area contributed by atoms with E-state index in [4.69, 9.17) is 5.73 Å². The van der Waals surface area contributed by atoms with Crippen molar-refractivity contribution >= 4 is 18.3 Å². The summed E-state index contributed by atoms with van der Waals surface area (Å²) in [4.78, 5) is 14.5. The summed E-state index contributed by atoms with van der Waals surface area (Å²) in [6, 6.07) is 10.7. The number of benzene rings is 1. The Morgan fingerprint density at radius 1 is 1.22 bits per heavy atom. The van der Waals surface area contributed by atoms with Crippen LogP contribution in [-0.2, 0) is 4.79 Å². The minimum atomic E-state index is -0.0361. The summed E-state index contributed by atoms with van der Waals surface area (Å²) in [7, 11) is 0. The van der Waals surface area contributed by atoms with Crippen molar-refractivity contribution in [3.05, 3.63) is 35.9 Å². The summed E-state index contributed by atoms with van der Waals surface area (Å²) >= 11 is 0. The first-order valence-corrected chi connectivity index (χ1v) is 8.71. The lowest BCUT2D eigenvalue weighted by Crippen LogP contribution is -2.51. The number of likely N-dealkylation sites (tertiary alicyclic amines) is 1. The molecule has 1 aromatic rings. The molecule has 1 aromatic carbocycles. The normalized spacial score (nSPS) is 26.1. The van der Waals surface area contributed by atoms with Crippen LogP contribution in [0.25, 0.3) is 0 Å². The second kappa shape index (κ2) is 7.67. The van der Waals surface area contributed by atoms with Gasteiger partial charge in [0.1, 0.15) is 0 Å². The molecule has 1 amide bonds. The van der Waals surface area contributed by atoms with Crippen molar-refractivity contribution in [2.24, 2.45) is 11.7 Å². The number of amides is 1. The molecule has 0 spiro atoms. The van der Waals surface area contributed by atoms with E-state index in [-0.39, 0.29) is 17.9 Å². The van der Waals surface area contributed by atoms with Gasteiger partial charge in [-0.3, -0.25) is 4.79 Å². The van der Waals surface area contributed by atoms with E-state index in [0.29, 0.717) is 17.7 Å². The maximum absolute atomic E-state index is 12.4. The summed E-state index contributed by atoms with van der Waals surface area (Å²) < 4.78 is 0. The van der Waals surface area contributed by atoms with Crippen molar-refractivity contribution in [2.75, 3.05) is 13.1 Å². The zero-order valence-corrected chi connectivity index (χ0v) is 14.9. The lowest BCUT2D eigenvalue weighted by molar-refractivity contribution is -0.134. The lowest BCUT2D eigenvalue weighted by Gasteiger charge is -2.41. The Labute approximate surface area is 146 Å². The first-order chi connectivity index (χ1) is 10.6. The van der Waals surface area contributed by atoms with Crippen LogP contribution in [0, 0.1) is 5.92 Å². The van der Waals surface area contributed by atoms with E-state index in [9.17, 15) is 4.79 Å². The number of nitrogens with two attached hydrogens (primary N) is 1. The molecule has 2 N–H and O–H groups in total. The second-order valence-corrected chi connectivity index (χ2v) is 7.25. The van der Waals surface area contributed by atoms with Crippen molar-refractivity contribution in [1.82, 2.24) is 4.90 Å². The number of hydrogen-bond acceptors (Lipinski definition) is 2. The average Bonchev–Trinajstić information content (AvgIpc) is 2.52. The molecule has 3 rings (SSSR count). The zero-order valence-electron chi connectivity index (χ0n) is 14.0. The molecule has 0 unspecified atom stereocenters. The maximum Gasteiger partial charge on any atom is 0.222 e. The number of rotatable bonds is 4. The first kappa shape index (κ1) is 18.3. The van der Waals surface area contributed by atoms with Crippen LogP contribution in [0.1, 0.15) is 56.9 Å². The van der Waals surface area contributed by atoms with Crippen molar-refractivity contribution in [2.45, 2.75) is 56.9 Å². The molecule has 23 heavy (non-hydrogen) atoms. The Morgan fingerprint density at radius 2 is 1.83 bits per heavy atom. The van der Waals surface area contributed by atoms with Crippen LogP contribution in [0.5, 0.6) is 0 Å². The van der Waals surface area contributed by atoms with Crippen LogP contribution in [0.15, 0.2) is 30.3 Å². The third kappa shape index (κ3) is 4.27. The van der Waals surface area contributed by atoms with Crippen molar-refractivity contribution in [1.29, 1.82) is 0 Å². The van der Waals surface area contributed by atoms with Gasteiger partial charge in [0.05, 0.1) is 0 Å². The molecule has 3 nitrogen and oxygen atoms in total. The van der Waals surface area contributed by atoms with E-state index >= 15 is 0 Å². The van der Waals surface area contributed by atoms with Crippen LogP contribution in [0.4, 0.5) is 0 Å². The number of carbonyl (C=O) groups is 1. The van der Waals surface area contributed by atoms with E-state index < -0.39 is 0 Å². The van der Waals surface area contributed by atoms with E-state index in [1.165, 1.54) is 18.4 Å². The van der Waals surface area contributed by atoms with Crippen molar-refractivity contribution in [3.63, 3.8) is 0 Å². The van der Waals surface area contributed by atoms with Crippen LogP contribution < -0.4 is 5.73 Å². The average molecular weight is 337 g/mol. The quantitative estimate of drug-likeness (QED) is 0.910. The molecule has 1 aliphatic heterocycles. The van der Waals surface area contributed by atoms with Crippen LogP contribution in [0.3, 0.4) is 0 Å². The van der Waals surface area contributed by atoms with E-state index in [0.717, 1.165) is 38.8 Å². The Morgan fingerprint density at radius 3 is 2.39 bits per heavy atom. The molecule has 1 saturated carbocycles. The number of halogens is 1. The van der Waals surface area contributed by atoms with Crippen molar-refractivity contribution in [3.8, 4) is 0 Å². The molecule has 2 aliphatic rings. The first-order valence-electron chi connectivity index (χ1n) is 8.71. The van der Waals surface area contributed by atoms with Gasteiger partial charge < -0.3 is 10.6 Å². The molecule has 0 atom stereocenters. The Hall–Kier alpha value is -1.06. The SMILES string of the molecule is CCC1(N)CCN(C(=O)CC2CC(c3ccccc3)C2)CC1.Cl. The molecular formula is C19H29ClN2O. The lowest BCUT2D eigenvalue weighted by atomic mass is 9.70. The largest absolute Gasteiger partial charge is 0.343 e. The molecule has 0 bridgehead atoms. The van der Waals surface area contributed by atoms with Crippen LogP contribution >= 0.6 is 12.4 Å². The summed E-state index contributed by atoms with van der Waals surface area (Å²) in [5.41, 5.74) is 7.70. The van der Waals surface area contributed by atoms with Gasteiger partial charge in [0.15, 0.2) is 0 Å². The molecule has 1 heterocycles. The van der Waals surface area contributed by atoms with Gasteiger partial charge in [-0.25, -0.2) is 0 Å². The second-order valence-electron chi connectivity index (χ2n) is 7.25. The highest BCUT2D eigenvalue weighted by atomic mass is 35.5. The van der Waals surface area contributed by atoms with Gasteiger partial charge in [-0.15, -0.1) is 12.4 Å².